The second kappa shape index (κ2) is 5.45. The van der Waals surface area contributed by atoms with Crippen molar-refractivity contribution in [1.82, 2.24) is 15.2 Å². The highest BCUT2D eigenvalue weighted by Crippen LogP contribution is 2.45. The molecule has 1 aromatic heterocycles. The van der Waals surface area contributed by atoms with Crippen molar-refractivity contribution in [3.63, 3.8) is 0 Å². The van der Waals surface area contributed by atoms with E-state index in [1.54, 1.807) is 11.3 Å². The van der Waals surface area contributed by atoms with Gasteiger partial charge in [-0.15, -0.1) is 11.3 Å². The number of carbonyl (C=O) groups excluding carboxylic acids is 1. The van der Waals surface area contributed by atoms with Crippen LogP contribution >= 0.6 is 11.3 Å². The van der Waals surface area contributed by atoms with E-state index in [9.17, 15) is 4.79 Å². The van der Waals surface area contributed by atoms with Crippen molar-refractivity contribution in [2.24, 2.45) is 11.3 Å². The molecule has 20 heavy (non-hydrogen) atoms. The lowest BCUT2D eigenvalue weighted by molar-refractivity contribution is -0.144. The minimum atomic E-state index is -0.141. The molecular weight excluding hydrogens is 270 g/mol. The molecule has 2 fully saturated rings. The first-order valence-corrected chi connectivity index (χ1v) is 8.37. The van der Waals surface area contributed by atoms with Gasteiger partial charge in [-0.25, -0.2) is 4.98 Å². The Hall–Kier alpha value is -0.940. The Morgan fingerprint density at radius 1 is 1.60 bits per heavy atom. The van der Waals surface area contributed by atoms with Crippen LogP contribution in [0.3, 0.4) is 0 Å². The Labute approximate surface area is 124 Å². The average Bonchev–Trinajstić information content (AvgIpc) is 3.04. The minimum Gasteiger partial charge on any atom is -0.339 e. The Kier molecular flexibility index (Phi) is 3.82. The number of amides is 1. The Balaban J connectivity index is 1.73. The summed E-state index contributed by atoms with van der Waals surface area (Å²) in [5, 5.41) is 6.57. The normalized spacial score (nSPS) is 29.2. The number of aryl methyl sites for hydroxylation is 1. The van der Waals surface area contributed by atoms with Gasteiger partial charge in [0, 0.05) is 19.0 Å². The van der Waals surface area contributed by atoms with Crippen LogP contribution in [0.2, 0.25) is 0 Å². The first-order chi connectivity index (χ1) is 9.62. The predicted octanol–water partition coefficient (Wildman–Crippen LogP) is 2.19. The quantitative estimate of drug-likeness (QED) is 0.929. The third-order valence-electron chi connectivity index (χ3n) is 4.88. The smallest absolute Gasteiger partial charge is 0.230 e. The highest BCUT2D eigenvalue weighted by Gasteiger charge is 2.50. The fraction of sp³-hybridized carbons (Fsp3) is 0.733. The van der Waals surface area contributed by atoms with Crippen molar-refractivity contribution < 1.29 is 4.79 Å². The number of hydrogen-bond acceptors (Lipinski definition) is 4. The van der Waals surface area contributed by atoms with Crippen LogP contribution in [-0.2, 0) is 11.3 Å². The van der Waals surface area contributed by atoms with Gasteiger partial charge in [0.15, 0.2) is 0 Å². The lowest BCUT2D eigenvalue weighted by Gasteiger charge is -2.39. The molecule has 4 nitrogen and oxygen atoms in total. The second-order valence-electron chi connectivity index (χ2n) is 6.25. The SMILES string of the molecule is Cc1nc(CN(C)C(=O)[C@@]23CCCC[C@H]2CNC3)cs1. The van der Waals surface area contributed by atoms with Gasteiger partial charge in [-0.1, -0.05) is 12.8 Å². The van der Waals surface area contributed by atoms with E-state index in [-0.39, 0.29) is 5.41 Å². The maximum atomic E-state index is 13.0. The number of fused-ring (bicyclic) bond motifs is 1. The third kappa shape index (κ3) is 2.37. The number of nitrogens with one attached hydrogen (secondary N) is 1. The minimum absolute atomic E-state index is 0.141. The molecule has 0 radical (unpaired) electrons. The van der Waals surface area contributed by atoms with Crippen LogP contribution in [0.25, 0.3) is 0 Å². The molecule has 2 heterocycles. The summed E-state index contributed by atoms with van der Waals surface area (Å²) in [6.45, 7) is 4.51. The Morgan fingerprint density at radius 3 is 3.20 bits per heavy atom. The van der Waals surface area contributed by atoms with Crippen LogP contribution < -0.4 is 5.32 Å². The van der Waals surface area contributed by atoms with Crippen LogP contribution in [0.15, 0.2) is 5.38 Å². The molecule has 110 valence electrons. The maximum Gasteiger partial charge on any atom is 0.230 e. The van der Waals surface area contributed by atoms with E-state index >= 15 is 0 Å². The molecule has 5 heteroatoms. The van der Waals surface area contributed by atoms with Gasteiger partial charge in [-0.2, -0.15) is 0 Å². The van der Waals surface area contributed by atoms with Crippen molar-refractivity contribution >= 4 is 17.2 Å². The Bertz CT molecular complexity index is 501. The molecule has 1 aliphatic heterocycles. The molecule has 0 unspecified atom stereocenters. The van der Waals surface area contributed by atoms with Crippen LogP contribution in [0.1, 0.15) is 36.4 Å². The van der Waals surface area contributed by atoms with E-state index < -0.39 is 0 Å². The topological polar surface area (TPSA) is 45.2 Å². The third-order valence-corrected chi connectivity index (χ3v) is 5.70. The number of thiazole rings is 1. The summed E-state index contributed by atoms with van der Waals surface area (Å²) in [6, 6.07) is 0. The lowest BCUT2D eigenvalue weighted by Crippen LogP contribution is -2.48. The van der Waals surface area contributed by atoms with Crippen molar-refractivity contribution in [2.45, 2.75) is 39.2 Å². The zero-order valence-electron chi connectivity index (χ0n) is 12.3. The number of hydrogen-bond donors (Lipinski definition) is 1. The number of nitrogens with zero attached hydrogens (tertiary/aromatic N) is 2. The summed E-state index contributed by atoms with van der Waals surface area (Å²) >= 11 is 1.65. The summed E-state index contributed by atoms with van der Waals surface area (Å²) in [4.78, 5) is 19.3. The molecule has 1 saturated carbocycles. The van der Waals surface area contributed by atoms with Crippen molar-refractivity contribution in [2.75, 3.05) is 20.1 Å². The Morgan fingerprint density at radius 2 is 2.45 bits per heavy atom. The number of rotatable bonds is 3. The molecule has 1 saturated heterocycles. The first-order valence-electron chi connectivity index (χ1n) is 7.49. The molecule has 3 rings (SSSR count). The first kappa shape index (κ1) is 14.0. The average molecular weight is 293 g/mol. The van der Waals surface area contributed by atoms with Crippen molar-refractivity contribution in [3.05, 3.63) is 16.1 Å². The van der Waals surface area contributed by atoms with Gasteiger partial charge >= 0.3 is 0 Å². The van der Waals surface area contributed by atoms with Gasteiger partial charge in [0.1, 0.15) is 0 Å². The van der Waals surface area contributed by atoms with Gasteiger partial charge < -0.3 is 10.2 Å². The number of carbonyl (C=O) groups is 1. The van der Waals surface area contributed by atoms with E-state index in [0.717, 1.165) is 30.2 Å². The van der Waals surface area contributed by atoms with E-state index in [1.165, 1.54) is 19.3 Å². The van der Waals surface area contributed by atoms with Gasteiger partial charge in [-0.05, 0) is 32.2 Å². The summed E-state index contributed by atoms with van der Waals surface area (Å²) in [6.07, 6.45) is 4.70. The molecule has 1 aliphatic carbocycles. The van der Waals surface area contributed by atoms with Crippen LogP contribution in [0.4, 0.5) is 0 Å². The maximum absolute atomic E-state index is 13.0. The van der Waals surface area contributed by atoms with Gasteiger partial charge in [0.25, 0.3) is 0 Å². The summed E-state index contributed by atoms with van der Waals surface area (Å²) in [7, 11) is 1.93. The lowest BCUT2D eigenvalue weighted by atomic mass is 9.67. The zero-order chi connectivity index (χ0) is 14.2. The molecule has 1 amide bonds. The van der Waals surface area contributed by atoms with E-state index in [4.69, 9.17) is 0 Å². The second-order valence-corrected chi connectivity index (χ2v) is 7.31. The molecule has 2 aliphatic rings. The summed E-state index contributed by atoms with van der Waals surface area (Å²) in [5.74, 6) is 0.848. The molecule has 1 N–H and O–H groups in total. The van der Waals surface area contributed by atoms with Crippen LogP contribution in [-0.4, -0.2) is 35.9 Å². The highest BCUT2D eigenvalue weighted by atomic mass is 32.1. The molecule has 1 aromatic rings. The zero-order valence-corrected chi connectivity index (χ0v) is 13.1. The van der Waals surface area contributed by atoms with Crippen molar-refractivity contribution in [1.29, 1.82) is 0 Å². The van der Waals surface area contributed by atoms with E-state index in [2.05, 4.69) is 15.7 Å². The standard InChI is InChI=1S/C15H23N3OS/c1-11-17-13(9-20-11)8-18(2)14(19)15-6-4-3-5-12(15)7-16-10-15/h9,12,16H,3-8,10H2,1-2H3/t12-,15+/m0/s1. The molecular formula is C15H23N3OS. The fourth-order valence-corrected chi connectivity index (χ4v) is 4.45. The van der Waals surface area contributed by atoms with Crippen molar-refractivity contribution in [3.8, 4) is 0 Å². The van der Waals surface area contributed by atoms with Crippen LogP contribution in [0.5, 0.6) is 0 Å². The molecule has 0 bridgehead atoms. The summed E-state index contributed by atoms with van der Waals surface area (Å²) < 4.78 is 0. The molecule has 0 spiro atoms. The van der Waals surface area contributed by atoms with Gasteiger partial charge in [0.05, 0.1) is 22.7 Å². The van der Waals surface area contributed by atoms with Gasteiger partial charge in [-0.3, -0.25) is 4.79 Å². The van der Waals surface area contributed by atoms with E-state index in [1.807, 2.05) is 18.9 Å². The fourth-order valence-electron chi connectivity index (χ4n) is 3.84. The van der Waals surface area contributed by atoms with E-state index in [0.29, 0.717) is 18.4 Å². The summed E-state index contributed by atoms with van der Waals surface area (Å²) in [5.41, 5.74) is 0.871. The predicted molar refractivity (Wildman–Crippen MR) is 80.6 cm³/mol. The van der Waals surface area contributed by atoms with Crippen LogP contribution in [0, 0.1) is 18.3 Å². The highest BCUT2D eigenvalue weighted by molar-refractivity contribution is 7.09. The molecule has 0 aromatic carbocycles. The largest absolute Gasteiger partial charge is 0.339 e. The van der Waals surface area contributed by atoms with Gasteiger partial charge in [0.2, 0.25) is 5.91 Å². The monoisotopic (exact) mass is 293 g/mol. The number of aromatic nitrogens is 1. The molecule has 2 atom stereocenters.